The Morgan fingerprint density at radius 1 is 1.48 bits per heavy atom. The zero-order valence-corrected chi connectivity index (χ0v) is 14.0. The summed E-state index contributed by atoms with van der Waals surface area (Å²) in [5.74, 6) is 0.439. The highest BCUT2D eigenvalue weighted by Crippen LogP contribution is 2.24. The molecule has 6 heteroatoms. The van der Waals surface area contributed by atoms with Crippen LogP contribution in [0.15, 0.2) is 18.3 Å². The molecule has 1 aliphatic heterocycles. The molecule has 1 N–H and O–H groups in total. The number of rotatable bonds is 9. The standard InChI is InChI=1S/C17H26N2O4/c1-3-5-10-22-15-14(7-6-9-18-15)12-19-16(20)17(23-4-2)8-11-21-13-17/h6-7,9H,3-5,8,10-13H2,1-2H3,(H,19,20)/t17-/m1/s1. The van der Waals surface area contributed by atoms with Crippen molar-refractivity contribution in [3.05, 3.63) is 23.9 Å². The Morgan fingerprint density at radius 3 is 3.04 bits per heavy atom. The van der Waals surface area contributed by atoms with E-state index in [1.807, 2.05) is 19.1 Å². The van der Waals surface area contributed by atoms with E-state index >= 15 is 0 Å². The third kappa shape index (κ3) is 4.65. The summed E-state index contributed by atoms with van der Waals surface area (Å²) >= 11 is 0. The predicted octanol–water partition coefficient (Wildman–Crippen LogP) is 2.07. The van der Waals surface area contributed by atoms with Crippen molar-refractivity contribution in [1.82, 2.24) is 10.3 Å². The van der Waals surface area contributed by atoms with Gasteiger partial charge in [0.1, 0.15) is 0 Å². The number of nitrogens with one attached hydrogen (secondary N) is 1. The van der Waals surface area contributed by atoms with Gasteiger partial charge in [0.05, 0.1) is 19.8 Å². The summed E-state index contributed by atoms with van der Waals surface area (Å²) in [5, 5.41) is 2.93. The van der Waals surface area contributed by atoms with E-state index in [1.165, 1.54) is 0 Å². The summed E-state index contributed by atoms with van der Waals surface area (Å²) in [6.45, 7) is 6.32. The summed E-state index contributed by atoms with van der Waals surface area (Å²) in [6, 6.07) is 3.75. The van der Waals surface area contributed by atoms with Gasteiger partial charge in [0.2, 0.25) is 5.88 Å². The number of nitrogens with zero attached hydrogens (tertiary/aromatic N) is 1. The van der Waals surface area contributed by atoms with Gasteiger partial charge in [0.15, 0.2) is 5.60 Å². The Hall–Kier alpha value is -1.66. The second-order valence-corrected chi connectivity index (χ2v) is 5.58. The molecule has 1 atom stereocenters. The molecule has 6 nitrogen and oxygen atoms in total. The molecule has 1 aromatic rings. The number of hydrogen-bond acceptors (Lipinski definition) is 5. The molecule has 0 bridgehead atoms. The molecule has 1 saturated heterocycles. The van der Waals surface area contributed by atoms with Crippen molar-refractivity contribution in [3.8, 4) is 5.88 Å². The Labute approximate surface area is 137 Å². The van der Waals surface area contributed by atoms with Gasteiger partial charge in [-0.1, -0.05) is 19.4 Å². The Bertz CT molecular complexity index is 501. The molecule has 23 heavy (non-hydrogen) atoms. The molecule has 0 unspecified atom stereocenters. The minimum Gasteiger partial charge on any atom is -0.477 e. The van der Waals surface area contributed by atoms with E-state index in [2.05, 4.69) is 17.2 Å². The van der Waals surface area contributed by atoms with Crippen molar-refractivity contribution >= 4 is 5.91 Å². The van der Waals surface area contributed by atoms with Crippen LogP contribution in [0.25, 0.3) is 0 Å². The van der Waals surface area contributed by atoms with Crippen LogP contribution in [0.3, 0.4) is 0 Å². The van der Waals surface area contributed by atoms with Crippen LogP contribution in [0.1, 0.15) is 38.7 Å². The largest absolute Gasteiger partial charge is 0.477 e. The smallest absolute Gasteiger partial charge is 0.255 e. The number of carbonyl (C=O) groups is 1. The first-order valence-electron chi connectivity index (χ1n) is 8.28. The molecule has 2 heterocycles. The molecule has 0 aromatic carbocycles. The lowest BCUT2D eigenvalue weighted by molar-refractivity contribution is -0.146. The molecule has 1 aliphatic rings. The third-order valence-corrected chi connectivity index (χ3v) is 3.85. The second kappa shape index (κ2) is 8.84. The van der Waals surface area contributed by atoms with Gasteiger partial charge in [-0.2, -0.15) is 0 Å². The Kier molecular flexibility index (Phi) is 6.80. The summed E-state index contributed by atoms with van der Waals surface area (Å²) < 4.78 is 16.7. The molecule has 0 saturated carbocycles. The fourth-order valence-corrected chi connectivity index (χ4v) is 2.52. The molecule has 0 radical (unpaired) electrons. The number of ether oxygens (including phenoxy) is 3. The van der Waals surface area contributed by atoms with Crippen LogP contribution in [0.4, 0.5) is 0 Å². The first-order valence-corrected chi connectivity index (χ1v) is 8.28. The van der Waals surface area contributed by atoms with Crippen molar-refractivity contribution in [2.75, 3.05) is 26.4 Å². The minimum absolute atomic E-state index is 0.139. The summed E-state index contributed by atoms with van der Waals surface area (Å²) in [6.07, 6.45) is 4.32. The average molecular weight is 322 g/mol. The van der Waals surface area contributed by atoms with Gasteiger partial charge < -0.3 is 19.5 Å². The van der Waals surface area contributed by atoms with Gasteiger partial charge in [-0.05, 0) is 19.4 Å². The summed E-state index contributed by atoms with van der Waals surface area (Å²) in [5.41, 5.74) is 0.00252. The molecule has 0 spiro atoms. The average Bonchev–Trinajstić information content (AvgIpc) is 3.04. The van der Waals surface area contributed by atoms with E-state index in [4.69, 9.17) is 14.2 Å². The van der Waals surface area contributed by atoms with E-state index in [0.29, 0.717) is 45.3 Å². The maximum Gasteiger partial charge on any atom is 0.255 e. The number of amides is 1. The lowest BCUT2D eigenvalue weighted by Crippen LogP contribution is -2.49. The molecule has 1 amide bonds. The number of carbonyl (C=O) groups excluding carboxylic acids is 1. The van der Waals surface area contributed by atoms with Crippen LogP contribution in [-0.2, 0) is 20.8 Å². The lowest BCUT2D eigenvalue weighted by atomic mass is 10.0. The number of hydrogen-bond donors (Lipinski definition) is 1. The molecule has 1 aromatic heterocycles. The fraction of sp³-hybridized carbons (Fsp3) is 0.647. The van der Waals surface area contributed by atoms with Gasteiger partial charge in [-0.25, -0.2) is 4.98 Å². The van der Waals surface area contributed by atoms with E-state index in [9.17, 15) is 4.79 Å². The van der Waals surface area contributed by atoms with E-state index < -0.39 is 5.60 Å². The molecular formula is C17H26N2O4. The first-order chi connectivity index (χ1) is 11.2. The van der Waals surface area contributed by atoms with Gasteiger partial charge >= 0.3 is 0 Å². The predicted molar refractivity (Wildman–Crippen MR) is 86.3 cm³/mol. The fourth-order valence-electron chi connectivity index (χ4n) is 2.52. The van der Waals surface area contributed by atoms with E-state index in [1.54, 1.807) is 6.20 Å². The van der Waals surface area contributed by atoms with Crippen LogP contribution in [0.2, 0.25) is 0 Å². The molecule has 0 aliphatic carbocycles. The van der Waals surface area contributed by atoms with Gasteiger partial charge in [-0.3, -0.25) is 4.79 Å². The van der Waals surface area contributed by atoms with Gasteiger partial charge in [0, 0.05) is 31.3 Å². The topological polar surface area (TPSA) is 69.7 Å². The number of pyridine rings is 1. The minimum atomic E-state index is -0.861. The van der Waals surface area contributed by atoms with Crippen molar-refractivity contribution < 1.29 is 19.0 Å². The maximum absolute atomic E-state index is 12.5. The molecule has 128 valence electrons. The quantitative estimate of drug-likeness (QED) is 0.705. The highest BCUT2D eigenvalue weighted by Gasteiger charge is 2.43. The van der Waals surface area contributed by atoms with Crippen molar-refractivity contribution in [1.29, 1.82) is 0 Å². The maximum atomic E-state index is 12.5. The van der Waals surface area contributed by atoms with Gasteiger partial charge in [0.25, 0.3) is 5.91 Å². The van der Waals surface area contributed by atoms with Crippen molar-refractivity contribution in [3.63, 3.8) is 0 Å². The lowest BCUT2D eigenvalue weighted by Gasteiger charge is -2.26. The summed E-state index contributed by atoms with van der Waals surface area (Å²) in [7, 11) is 0. The van der Waals surface area contributed by atoms with Crippen LogP contribution in [-0.4, -0.2) is 42.9 Å². The monoisotopic (exact) mass is 322 g/mol. The normalized spacial score (nSPS) is 20.4. The Morgan fingerprint density at radius 2 is 2.35 bits per heavy atom. The SMILES string of the molecule is CCCCOc1ncccc1CNC(=O)[C@@]1(OCC)CCOC1. The van der Waals surface area contributed by atoms with Crippen LogP contribution < -0.4 is 10.1 Å². The van der Waals surface area contributed by atoms with E-state index in [0.717, 1.165) is 18.4 Å². The molecule has 2 rings (SSSR count). The number of unbranched alkanes of at least 4 members (excludes halogenated alkanes) is 1. The number of aromatic nitrogens is 1. The van der Waals surface area contributed by atoms with Crippen LogP contribution in [0, 0.1) is 0 Å². The zero-order chi connectivity index (χ0) is 16.5. The van der Waals surface area contributed by atoms with Crippen LogP contribution >= 0.6 is 0 Å². The van der Waals surface area contributed by atoms with Crippen LogP contribution in [0.5, 0.6) is 5.88 Å². The van der Waals surface area contributed by atoms with Crippen molar-refractivity contribution in [2.24, 2.45) is 0 Å². The zero-order valence-electron chi connectivity index (χ0n) is 14.0. The first kappa shape index (κ1) is 17.7. The third-order valence-electron chi connectivity index (χ3n) is 3.85. The molecular weight excluding hydrogens is 296 g/mol. The highest BCUT2D eigenvalue weighted by molar-refractivity contribution is 5.85. The van der Waals surface area contributed by atoms with E-state index in [-0.39, 0.29) is 5.91 Å². The molecule has 1 fully saturated rings. The van der Waals surface area contributed by atoms with Crippen molar-refractivity contribution in [2.45, 2.75) is 45.3 Å². The second-order valence-electron chi connectivity index (χ2n) is 5.58. The summed E-state index contributed by atoms with van der Waals surface area (Å²) in [4.78, 5) is 16.8. The highest BCUT2D eigenvalue weighted by atomic mass is 16.6. The van der Waals surface area contributed by atoms with Gasteiger partial charge in [-0.15, -0.1) is 0 Å². The Balaban J connectivity index is 1.95.